The first-order chi connectivity index (χ1) is 7.43. The highest BCUT2D eigenvalue weighted by Gasteiger charge is 2.12. The number of hydrogen-bond acceptors (Lipinski definition) is 2. The minimum absolute atomic E-state index is 0.918. The van der Waals surface area contributed by atoms with Gasteiger partial charge in [0, 0.05) is 6.61 Å². The van der Waals surface area contributed by atoms with Gasteiger partial charge in [-0.3, -0.25) is 0 Å². The SMILES string of the molecule is CCCCCCOCC[NH+]1CCOCC1. The maximum Gasteiger partial charge on any atom is 0.101 e. The summed E-state index contributed by atoms with van der Waals surface area (Å²) in [7, 11) is 0. The molecule has 0 atom stereocenters. The van der Waals surface area contributed by atoms with Gasteiger partial charge in [-0.2, -0.15) is 0 Å². The molecule has 1 fully saturated rings. The third kappa shape index (κ3) is 6.88. The van der Waals surface area contributed by atoms with Crippen LogP contribution in [-0.2, 0) is 9.47 Å². The molecule has 3 nitrogen and oxygen atoms in total. The first-order valence-corrected chi connectivity index (χ1v) is 6.42. The predicted octanol–water partition coefficient (Wildman–Crippen LogP) is 0.498. The second-order valence-electron chi connectivity index (χ2n) is 4.29. The van der Waals surface area contributed by atoms with Gasteiger partial charge in [0.1, 0.15) is 19.6 Å². The van der Waals surface area contributed by atoms with Gasteiger partial charge < -0.3 is 14.4 Å². The summed E-state index contributed by atoms with van der Waals surface area (Å²) in [5.74, 6) is 0. The molecule has 0 aromatic carbocycles. The molecule has 1 rings (SSSR count). The summed E-state index contributed by atoms with van der Waals surface area (Å²) in [5, 5.41) is 0. The molecule has 1 N–H and O–H groups in total. The second-order valence-corrected chi connectivity index (χ2v) is 4.29. The standard InChI is InChI=1S/C12H25NO2/c1-2-3-4-5-9-14-10-6-13-7-11-15-12-8-13/h2-12H2,1H3/p+1. The van der Waals surface area contributed by atoms with Crippen LogP contribution in [0.3, 0.4) is 0 Å². The Morgan fingerprint density at radius 2 is 1.87 bits per heavy atom. The average Bonchev–Trinajstić information content (AvgIpc) is 2.29. The summed E-state index contributed by atoms with van der Waals surface area (Å²) < 4.78 is 10.9. The second kappa shape index (κ2) is 9.13. The van der Waals surface area contributed by atoms with E-state index in [1.165, 1.54) is 25.7 Å². The van der Waals surface area contributed by atoms with Gasteiger partial charge in [0.25, 0.3) is 0 Å². The van der Waals surface area contributed by atoms with E-state index in [1.54, 1.807) is 4.90 Å². The fraction of sp³-hybridized carbons (Fsp3) is 1.00. The van der Waals surface area contributed by atoms with Crippen LogP contribution in [0.4, 0.5) is 0 Å². The molecular formula is C12H26NO2+. The van der Waals surface area contributed by atoms with Crippen molar-refractivity contribution in [2.75, 3.05) is 46.1 Å². The lowest BCUT2D eigenvalue weighted by atomic mass is 10.2. The van der Waals surface area contributed by atoms with Crippen molar-refractivity contribution in [3.63, 3.8) is 0 Å². The first kappa shape index (κ1) is 12.9. The molecule has 1 aliphatic rings. The Kier molecular flexibility index (Phi) is 7.88. The number of hydrogen-bond donors (Lipinski definition) is 1. The molecular weight excluding hydrogens is 190 g/mol. The van der Waals surface area contributed by atoms with Gasteiger partial charge in [0.05, 0.1) is 19.8 Å². The van der Waals surface area contributed by atoms with E-state index in [0.717, 1.165) is 46.1 Å². The van der Waals surface area contributed by atoms with Gasteiger partial charge in [-0.05, 0) is 6.42 Å². The van der Waals surface area contributed by atoms with Crippen LogP contribution in [0.15, 0.2) is 0 Å². The Labute approximate surface area is 93.7 Å². The molecule has 0 bridgehead atoms. The lowest BCUT2D eigenvalue weighted by Crippen LogP contribution is -3.14. The molecule has 0 amide bonds. The van der Waals surface area contributed by atoms with Crippen LogP contribution >= 0.6 is 0 Å². The predicted molar refractivity (Wildman–Crippen MR) is 61.3 cm³/mol. The summed E-state index contributed by atoms with van der Waals surface area (Å²) in [6.07, 6.45) is 5.20. The minimum atomic E-state index is 0.918. The highest BCUT2D eigenvalue weighted by atomic mass is 16.5. The zero-order valence-corrected chi connectivity index (χ0v) is 10.1. The van der Waals surface area contributed by atoms with Crippen LogP contribution in [0.5, 0.6) is 0 Å². The molecule has 0 unspecified atom stereocenters. The number of morpholine rings is 1. The van der Waals surface area contributed by atoms with Crippen LogP contribution in [0.25, 0.3) is 0 Å². The first-order valence-electron chi connectivity index (χ1n) is 6.42. The highest BCUT2D eigenvalue weighted by molar-refractivity contribution is 4.41. The van der Waals surface area contributed by atoms with E-state index in [2.05, 4.69) is 6.92 Å². The zero-order valence-electron chi connectivity index (χ0n) is 10.1. The van der Waals surface area contributed by atoms with Gasteiger partial charge >= 0.3 is 0 Å². The molecule has 1 aliphatic heterocycles. The smallest absolute Gasteiger partial charge is 0.101 e. The number of quaternary nitrogens is 1. The topological polar surface area (TPSA) is 22.9 Å². The van der Waals surface area contributed by atoms with Crippen molar-refractivity contribution < 1.29 is 14.4 Å². The summed E-state index contributed by atoms with van der Waals surface area (Å²) in [6, 6.07) is 0. The maximum absolute atomic E-state index is 5.62. The van der Waals surface area contributed by atoms with Crippen molar-refractivity contribution in [3.05, 3.63) is 0 Å². The molecule has 90 valence electrons. The van der Waals surface area contributed by atoms with Crippen molar-refractivity contribution in [2.45, 2.75) is 32.6 Å². The third-order valence-corrected chi connectivity index (χ3v) is 2.94. The van der Waals surface area contributed by atoms with Crippen LogP contribution in [0.2, 0.25) is 0 Å². The Morgan fingerprint density at radius 3 is 2.60 bits per heavy atom. The molecule has 0 saturated carbocycles. The largest absolute Gasteiger partial charge is 0.376 e. The number of ether oxygens (including phenoxy) is 2. The number of unbranched alkanes of at least 4 members (excludes halogenated alkanes) is 3. The molecule has 1 heterocycles. The lowest BCUT2D eigenvalue weighted by Gasteiger charge is -2.23. The molecule has 15 heavy (non-hydrogen) atoms. The molecule has 0 radical (unpaired) electrons. The summed E-state index contributed by atoms with van der Waals surface area (Å²) in [4.78, 5) is 1.63. The van der Waals surface area contributed by atoms with Gasteiger partial charge in [-0.1, -0.05) is 26.2 Å². The molecule has 0 aliphatic carbocycles. The Hall–Kier alpha value is -0.120. The molecule has 0 aromatic rings. The zero-order chi connectivity index (χ0) is 10.8. The highest BCUT2D eigenvalue weighted by Crippen LogP contribution is 1.98. The Balaban J connectivity index is 1.79. The number of nitrogens with one attached hydrogen (secondary N) is 1. The Bertz CT molecular complexity index is 136. The van der Waals surface area contributed by atoms with E-state index in [4.69, 9.17) is 9.47 Å². The van der Waals surface area contributed by atoms with E-state index in [9.17, 15) is 0 Å². The minimum Gasteiger partial charge on any atom is -0.376 e. The van der Waals surface area contributed by atoms with Crippen molar-refractivity contribution >= 4 is 0 Å². The van der Waals surface area contributed by atoms with Gasteiger partial charge in [-0.25, -0.2) is 0 Å². The normalized spacial score (nSPS) is 18.2. The molecule has 0 aromatic heterocycles. The molecule has 3 heteroatoms. The van der Waals surface area contributed by atoms with Gasteiger partial charge in [0.15, 0.2) is 0 Å². The average molecular weight is 216 g/mol. The van der Waals surface area contributed by atoms with Crippen molar-refractivity contribution in [2.24, 2.45) is 0 Å². The van der Waals surface area contributed by atoms with Crippen molar-refractivity contribution in [1.29, 1.82) is 0 Å². The summed E-state index contributed by atoms with van der Waals surface area (Å²) in [5.41, 5.74) is 0. The van der Waals surface area contributed by atoms with Gasteiger partial charge in [-0.15, -0.1) is 0 Å². The molecule has 1 saturated heterocycles. The monoisotopic (exact) mass is 216 g/mol. The lowest BCUT2D eigenvalue weighted by molar-refractivity contribution is -0.908. The van der Waals surface area contributed by atoms with Crippen LogP contribution in [-0.4, -0.2) is 46.1 Å². The fourth-order valence-electron chi connectivity index (χ4n) is 1.86. The number of rotatable bonds is 8. The maximum atomic E-state index is 5.62. The van der Waals surface area contributed by atoms with E-state index < -0.39 is 0 Å². The van der Waals surface area contributed by atoms with E-state index in [-0.39, 0.29) is 0 Å². The van der Waals surface area contributed by atoms with E-state index in [1.807, 2.05) is 0 Å². The molecule has 0 spiro atoms. The van der Waals surface area contributed by atoms with E-state index in [0.29, 0.717) is 0 Å². The van der Waals surface area contributed by atoms with E-state index >= 15 is 0 Å². The fourth-order valence-corrected chi connectivity index (χ4v) is 1.86. The van der Waals surface area contributed by atoms with Crippen molar-refractivity contribution in [1.82, 2.24) is 0 Å². The van der Waals surface area contributed by atoms with Crippen LogP contribution in [0.1, 0.15) is 32.6 Å². The summed E-state index contributed by atoms with van der Waals surface area (Å²) in [6.45, 7) is 9.40. The quantitative estimate of drug-likeness (QED) is 0.597. The Morgan fingerprint density at radius 1 is 1.07 bits per heavy atom. The van der Waals surface area contributed by atoms with Gasteiger partial charge in [0.2, 0.25) is 0 Å². The van der Waals surface area contributed by atoms with Crippen LogP contribution in [0, 0.1) is 0 Å². The van der Waals surface area contributed by atoms with Crippen LogP contribution < -0.4 is 4.90 Å². The summed E-state index contributed by atoms with van der Waals surface area (Å²) >= 11 is 0. The third-order valence-electron chi connectivity index (χ3n) is 2.94. The van der Waals surface area contributed by atoms with Crippen molar-refractivity contribution in [3.8, 4) is 0 Å².